The summed E-state index contributed by atoms with van der Waals surface area (Å²) >= 11 is 0. The summed E-state index contributed by atoms with van der Waals surface area (Å²) in [7, 11) is 0. The van der Waals surface area contributed by atoms with Crippen LogP contribution in [0.25, 0.3) is 11.3 Å². The number of amides is 1. The van der Waals surface area contributed by atoms with E-state index in [0.29, 0.717) is 6.04 Å². The number of alkyl carbamates (subject to hydrolysis) is 1. The minimum atomic E-state index is -0.438. The van der Waals surface area contributed by atoms with Crippen molar-refractivity contribution in [1.29, 1.82) is 0 Å². The van der Waals surface area contributed by atoms with Gasteiger partial charge >= 0.3 is 6.09 Å². The zero-order chi connectivity index (χ0) is 21.8. The Balaban J connectivity index is 1.26. The summed E-state index contributed by atoms with van der Waals surface area (Å²) in [6.07, 6.45) is 11.2. The van der Waals surface area contributed by atoms with Crippen molar-refractivity contribution in [3.63, 3.8) is 0 Å². The summed E-state index contributed by atoms with van der Waals surface area (Å²) in [6, 6.07) is 9.28. The Hall–Kier alpha value is -2.01. The van der Waals surface area contributed by atoms with Crippen LogP contribution in [0.4, 0.5) is 4.79 Å². The molecule has 4 aliphatic rings. The summed E-state index contributed by atoms with van der Waals surface area (Å²) < 4.78 is 11.3. The van der Waals surface area contributed by atoms with E-state index in [1.165, 1.54) is 56.2 Å². The molecule has 2 heterocycles. The van der Waals surface area contributed by atoms with Gasteiger partial charge in [0.05, 0.1) is 6.26 Å². The van der Waals surface area contributed by atoms with Gasteiger partial charge in [0.2, 0.25) is 0 Å². The highest BCUT2D eigenvalue weighted by Gasteiger charge is 2.28. The van der Waals surface area contributed by atoms with Crippen LogP contribution >= 0.6 is 0 Å². The van der Waals surface area contributed by atoms with Gasteiger partial charge in [-0.25, -0.2) is 4.79 Å². The SMILES string of the molecule is CC(C)(C)OC(=O)NC1CCC(CCN2CCCCC2c2coc3cccc-3c2)CC1. The molecule has 0 radical (unpaired) electrons. The quantitative estimate of drug-likeness (QED) is 0.602. The van der Waals surface area contributed by atoms with E-state index in [1.807, 2.05) is 33.1 Å². The molecular weight excluding hydrogens is 388 g/mol. The lowest BCUT2D eigenvalue weighted by Crippen LogP contribution is -2.41. The number of ether oxygens (including phenoxy) is 1. The Morgan fingerprint density at radius 3 is 2.74 bits per heavy atom. The molecule has 1 amide bonds. The van der Waals surface area contributed by atoms with Crippen LogP contribution in [0, 0.1) is 5.92 Å². The third kappa shape index (κ3) is 6.03. The molecule has 170 valence electrons. The minimum Gasteiger partial charge on any atom is -0.464 e. The highest BCUT2D eigenvalue weighted by molar-refractivity contribution is 5.68. The number of fused-ring (bicyclic) bond motifs is 1. The Kier molecular flexibility index (Phi) is 6.90. The Labute approximate surface area is 186 Å². The van der Waals surface area contributed by atoms with E-state index in [0.717, 1.165) is 31.1 Å². The molecule has 1 N–H and O–H groups in total. The molecule has 0 aromatic carbocycles. The maximum Gasteiger partial charge on any atom is 0.407 e. The fraction of sp³-hybridized carbons (Fsp3) is 0.654. The van der Waals surface area contributed by atoms with Gasteiger partial charge in [-0.3, -0.25) is 4.90 Å². The maximum atomic E-state index is 12.0. The van der Waals surface area contributed by atoms with Gasteiger partial charge in [0, 0.05) is 23.2 Å². The first-order valence-corrected chi connectivity index (χ1v) is 12.1. The number of likely N-dealkylation sites (tertiary alicyclic amines) is 1. The molecule has 2 fully saturated rings. The van der Waals surface area contributed by atoms with Gasteiger partial charge in [-0.1, -0.05) is 18.6 Å². The topological polar surface area (TPSA) is 54.7 Å². The van der Waals surface area contributed by atoms with Crippen LogP contribution in [0.3, 0.4) is 0 Å². The standard InChI is InChI=1S/C26H38N2O3/c1-26(2,3)31-25(29)27-22-12-10-19(11-13-22)14-16-28-15-5-4-8-23(28)21-17-20-7-6-9-24(20)30-18-21/h6-7,9,17-19,22-23H,4-5,8,10-16H2,1-3H3,(H,27,29). The van der Waals surface area contributed by atoms with Crippen LogP contribution in [0.5, 0.6) is 0 Å². The number of rotatable bonds is 5. The number of hydrogen-bond donors (Lipinski definition) is 1. The Morgan fingerprint density at radius 1 is 1.16 bits per heavy atom. The van der Waals surface area contributed by atoms with Crippen molar-refractivity contribution in [3.05, 3.63) is 36.1 Å². The van der Waals surface area contributed by atoms with E-state index in [1.54, 1.807) is 0 Å². The van der Waals surface area contributed by atoms with E-state index in [9.17, 15) is 4.79 Å². The number of nitrogens with one attached hydrogen (secondary N) is 1. The fourth-order valence-corrected chi connectivity index (χ4v) is 5.22. The summed E-state index contributed by atoms with van der Waals surface area (Å²) in [5, 5.41) is 3.06. The molecule has 2 aliphatic carbocycles. The molecule has 4 rings (SSSR count). The van der Waals surface area contributed by atoms with Crippen LogP contribution < -0.4 is 5.32 Å². The normalized spacial score (nSPS) is 25.5. The van der Waals surface area contributed by atoms with E-state index >= 15 is 0 Å². The lowest BCUT2D eigenvalue weighted by atomic mass is 9.83. The molecule has 5 nitrogen and oxygen atoms in total. The van der Waals surface area contributed by atoms with Gasteiger partial charge in [-0.05, 0) is 96.9 Å². The molecule has 2 aliphatic heterocycles. The van der Waals surface area contributed by atoms with E-state index < -0.39 is 5.60 Å². The molecule has 0 spiro atoms. The molecule has 1 saturated carbocycles. The van der Waals surface area contributed by atoms with Gasteiger partial charge < -0.3 is 14.5 Å². The largest absolute Gasteiger partial charge is 0.464 e. The first-order valence-electron chi connectivity index (χ1n) is 12.1. The average Bonchev–Trinajstić information content (AvgIpc) is 3.20. The molecule has 1 atom stereocenters. The van der Waals surface area contributed by atoms with E-state index in [-0.39, 0.29) is 12.1 Å². The van der Waals surface area contributed by atoms with Crippen LogP contribution in [0.1, 0.15) is 83.7 Å². The highest BCUT2D eigenvalue weighted by Crippen LogP contribution is 2.36. The molecule has 31 heavy (non-hydrogen) atoms. The van der Waals surface area contributed by atoms with Crippen LogP contribution in [-0.4, -0.2) is 35.7 Å². The molecule has 5 heteroatoms. The second-order valence-electron chi connectivity index (χ2n) is 10.4. The van der Waals surface area contributed by atoms with Crippen molar-refractivity contribution in [2.75, 3.05) is 13.1 Å². The van der Waals surface area contributed by atoms with Crippen molar-refractivity contribution in [2.24, 2.45) is 5.92 Å². The zero-order valence-corrected chi connectivity index (χ0v) is 19.4. The number of carbonyl (C=O) groups excluding carboxylic acids is 1. The average molecular weight is 427 g/mol. The second kappa shape index (κ2) is 9.64. The lowest BCUT2D eigenvalue weighted by Gasteiger charge is -2.37. The summed E-state index contributed by atoms with van der Waals surface area (Å²) in [4.78, 5) is 14.7. The summed E-state index contributed by atoms with van der Waals surface area (Å²) in [5.74, 6) is 1.73. The Bertz CT molecular complexity index is 816. The smallest absolute Gasteiger partial charge is 0.407 e. The van der Waals surface area contributed by atoms with Crippen LogP contribution in [-0.2, 0) is 4.74 Å². The van der Waals surface area contributed by atoms with Gasteiger partial charge in [-0.2, -0.15) is 0 Å². The minimum absolute atomic E-state index is 0.256. The van der Waals surface area contributed by atoms with E-state index in [2.05, 4.69) is 28.4 Å². The monoisotopic (exact) mass is 426 g/mol. The molecule has 0 aromatic rings. The molecule has 1 unspecified atom stereocenters. The van der Waals surface area contributed by atoms with Crippen molar-refractivity contribution in [3.8, 4) is 11.3 Å². The van der Waals surface area contributed by atoms with Gasteiger partial charge in [0.1, 0.15) is 11.4 Å². The highest BCUT2D eigenvalue weighted by atomic mass is 16.6. The van der Waals surface area contributed by atoms with Crippen molar-refractivity contribution in [2.45, 2.75) is 89.8 Å². The van der Waals surface area contributed by atoms with Crippen molar-refractivity contribution < 1.29 is 13.9 Å². The first kappa shape index (κ1) is 22.2. The van der Waals surface area contributed by atoms with Gasteiger partial charge in [0.15, 0.2) is 0 Å². The summed E-state index contributed by atoms with van der Waals surface area (Å²) in [6.45, 7) is 8.05. The molecule has 0 bridgehead atoms. The van der Waals surface area contributed by atoms with E-state index in [4.69, 9.17) is 9.15 Å². The number of carbonyl (C=O) groups is 1. The van der Waals surface area contributed by atoms with Crippen molar-refractivity contribution >= 4 is 6.09 Å². The number of piperidine rings is 1. The number of hydrogen-bond acceptors (Lipinski definition) is 4. The second-order valence-corrected chi connectivity index (χ2v) is 10.4. The van der Waals surface area contributed by atoms with Gasteiger partial charge in [0.25, 0.3) is 0 Å². The number of nitrogens with zero attached hydrogens (tertiary/aromatic N) is 1. The Morgan fingerprint density at radius 2 is 1.97 bits per heavy atom. The first-order chi connectivity index (χ1) is 14.9. The van der Waals surface area contributed by atoms with Crippen LogP contribution in [0.2, 0.25) is 0 Å². The third-order valence-electron chi connectivity index (χ3n) is 6.84. The maximum absolute atomic E-state index is 12.0. The van der Waals surface area contributed by atoms with Crippen LogP contribution in [0.15, 0.2) is 34.9 Å². The van der Waals surface area contributed by atoms with Gasteiger partial charge in [-0.15, -0.1) is 0 Å². The lowest BCUT2D eigenvalue weighted by molar-refractivity contribution is 0.0484. The molecule has 0 aromatic heterocycles. The predicted octanol–water partition coefficient (Wildman–Crippen LogP) is 6.39. The predicted molar refractivity (Wildman–Crippen MR) is 123 cm³/mol. The zero-order valence-electron chi connectivity index (χ0n) is 19.4. The summed E-state index contributed by atoms with van der Waals surface area (Å²) in [5.41, 5.74) is 2.09. The third-order valence-corrected chi connectivity index (χ3v) is 6.84. The fourth-order valence-electron chi connectivity index (χ4n) is 5.22. The molecule has 1 saturated heterocycles. The van der Waals surface area contributed by atoms with Crippen molar-refractivity contribution in [1.82, 2.24) is 10.2 Å². The molecular formula is C26H38N2O3.